The van der Waals surface area contributed by atoms with Gasteiger partial charge >= 0.3 is 5.97 Å². The number of esters is 1. The Kier molecular flexibility index (Phi) is 4.65. The molecule has 0 spiro atoms. The fourth-order valence-corrected chi connectivity index (χ4v) is 1.65. The second-order valence-electron chi connectivity index (χ2n) is 4.39. The van der Waals surface area contributed by atoms with Gasteiger partial charge in [-0.3, -0.25) is 4.79 Å². The molecule has 0 aliphatic carbocycles. The number of anilines is 1. The van der Waals surface area contributed by atoms with Gasteiger partial charge in [-0.05, 0) is 26.0 Å². The van der Waals surface area contributed by atoms with Crippen molar-refractivity contribution in [2.24, 2.45) is 0 Å². The molecule has 0 aliphatic heterocycles. The van der Waals surface area contributed by atoms with Crippen LogP contribution in [0.5, 0.6) is 0 Å². The first kappa shape index (κ1) is 14.7. The van der Waals surface area contributed by atoms with Gasteiger partial charge in [0.2, 0.25) is 0 Å². The zero-order chi connectivity index (χ0) is 15.2. The summed E-state index contributed by atoms with van der Waals surface area (Å²) < 4.78 is 4.79. The van der Waals surface area contributed by atoms with Gasteiger partial charge in [-0.25, -0.2) is 4.79 Å². The molecule has 21 heavy (non-hydrogen) atoms. The van der Waals surface area contributed by atoms with E-state index in [9.17, 15) is 9.59 Å². The maximum Gasteiger partial charge on any atom is 0.329 e. The summed E-state index contributed by atoms with van der Waals surface area (Å²) in [6.45, 7) is 3.88. The van der Waals surface area contributed by atoms with Crippen LogP contribution in [0.1, 0.15) is 22.8 Å². The number of nitrogens with one attached hydrogen (secondary N) is 1. The van der Waals surface area contributed by atoms with Crippen LogP contribution in [0.4, 0.5) is 5.82 Å². The average Bonchev–Trinajstić information content (AvgIpc) is 2.86. The van der Waals surface area contributed by atoms with Gasteiger partial charge in [0.05, 0.1) is 12.8 Å². The van der Waals surface area contributed by atoms with E-state index in [1.54, 1.807) is 19.1 Å². The van der Waals surface area contributed by atoms with Crippen molar-refractivity contribution in [1.82, 2.24) is 15.0 Å². The summed E-state index contributed by atoms with van der Waals surface area (Å²) in [7, 11) is 0. The molecule has 0 unspecified atom stereocenters. The van der Waals surface area contributed by atoms with Crippen molar-refractivity contribution in [2.75, 3.05) is 11.9 Å². The minimum Gasteiger partial charge on any atom is -0.465 e. The van der Waals surface area contributed by atoms with Crippen LogP contribution in [0, 0.1) is 6.92 Å². The van der Waals surface area contributed by atoms with Crippen LogP contribution in [0.15, 0.2) is 30.5 Å². The summed E-state index contributed by atoms with van der Waals surface area (Å²) in [6, 6.07) is 7.17. The molecule has 1 amide bonds. The van der Waals surface area contributed by atoms with Crippen molar-refractivity contribution in [3.05, 3.63) is 41.6 Å². The molecule has 7 nitrogen and oxygen atoms in total. The summed E-state index contributed by atoms with van der Waals surface area (Å²) in [4.78, 5) is 24.4. The van der Waals surface area contributed by atoms with Gasteiger partial charge in [-0.2, -0.15) is 9.90 Å². The van der Waals surface area contributed by atoms with E-state index in [0.717, 1.165) is 5.56 Å². The first-order valence-corrected chi connectivity index (χ1v) is 6.52. The van der Waals surface area contributed by atoms with E-state index in [4.69, 9.17) is 4.74 Å². The van der Waals surface area contributed by atoms with Gasteiger partial charge in [0, 0.05) is 5.56 Å². The second-order valence-corrected chi connectivity index (χ2v) is 4.39. The molecule has 110 valence electrons. The number of carbonyl (C=O) groups is 2. The van der Waals surface area contributed by atoms with E-state index in [0.29, 0.717) is 12.2 Å². The highest BCUT2D eigenvalue weighted by atomic mass is 16.5. The van der Waals surface area contributed by atoms with Gasteiger partial charge in [-0.1, -0.05) is 17.7 Å². The molecule has 1 aromatic heterocycles. The fraction of sp³-hybridized carbons (Fsp3) is 0.286. The summed E-state index contributed by atoms with van der Waals surface area (Å²) >= 11 is 0. The minimum absolute atomic E-state index is 0.0890. The third-order valence-electron chi connectivity index (χ3n) is 2.67. The molecule has 0 atom stereocenters. The third-order valence-corrected chi connectivity index (χ3v) is 2.67. The zero-order valence-corrected chi connectivity index (χ0v) is 11.9. The quantitative estimate of drug-likeness (QED) is 0.840. The number of aryl methyl sites for hydroxylation is 1. The van der Waals surface area contributed by atoms with Crippen LogP contribution in [0.25, 0.3) is 0 Å². The Bertz CT molecular complexity index is 634. The summed E-state index contributed by atoms with van der Waals surface area (Å²) in [6.07, 6.45) is 1.38. The van der Waals surface area contributed by atoms with E-state index < -0.39 is 5.97 Å². The Morgan fingerprint density at radius 1 is 1.29 bits per heavy atom. The van der Waals surface area contributed by atoms with Gasteiger partial charge in [0.1, 0.15) is 0 Å². The lowest BCUT2D eigenvalue weighted by molar-refractivity contribution is -0.144. The molecule has 0 aliphatic rings. The predicted molar refractivity (Wildman–Crippen MR) is 75.8 cm³/mol. The van der Waals surface area contributed by atoms with Crippen LogP contribution < -0.4 is 5.32 Å². The second kappa shape index (κ2) is 6.65. The Morgan fingerprint density at radius 3 is 2.67 bits per heavy atom. The van der Waals surface area contributed by atoms with Crippen molar-refractivity contribution < 1.29 is 14.3 Å². The summed E-state index contributed by atoms with van der Waals surface area (Å²) in [5.41, 5.74) is 1.60. The summed E-state index contributed by atoms with van der Waals surface area (Å²) in [5.74, 6) is -0.424. The van der Waals surface area contributed by atoms with Crippen molar-refractivity contribution in [1.29, 1.82) is 0 Å². The Morgan fingerprint density at radius 2 is 2.00 bits per heavy atom. The van der Waals surface area contributed by atoms with E-state index in [2.05, 4.69) is 15.5 Å². The first-order chi connectivity index (χ1) is 10.1. The number of aromatic nitrogens is 3. The van der Waals surface area contributed by atoms with Crippen LogP contribution in [0.3, 0.4) is 0 Å². The van der Waals surface area contributed by atoms with Crippen LogP contribution in [-0.4, -0.2) is 33.5 Å². The van der Waals surface area contributed by atoms with Gasteiger partial charge in [0.25, 0.3) is 5.91 Å². The topological polar surface area (TPSA) is 86.1 Å². The molecule has 2 aromatic rings. The zero-order valence-electron chi connectivity index (χ0n) is 11.9. The number of hydrogen-bond acceptors (Lipinski definition) is 5. The summed E-state index contributed by atoms with van der Waals surface area (Å²) in [5, 5.41) is 10.5. The highest BCUT2D eigenvalue weighted by molar-refractivity contribution is 6.03. The SMILES string of the molecule is CCOC(=O)Cn1ncc(NC(=O)c2ccc(C)cc2)n1. The number of hydrogen-bond donors (Lipinski definition) is 1. The van der Waals surface area contributed by atoms with Crippen molar-refractivity contribution in [3.8, 4) is 0 Å². The van der Waals surface area contributed by atoms with Crippen LogP contribution in [0.2, 0.25) is 0 Å². The Hall–Kier alpha value is -2.70. The smallest absolute Gasteiger partial charge is 0.329 e. The molecule has 0 radical (unpaired) electrons. The first-order valence-electron chi connectivity index (χ1n) is 6.52. The van der Waals surface area contributed by atoms with Crippen molar-refractivity contribution in [2.45, 2.75) is 20.4 Å². The number of rotatable bonds is 5. The number of benzene rings is 1. The lowest BCUT2D eigenvalue weighted by Gasteiger charge is -2.02. The lowest BCUT2D eigenvalue weighted by Crippen LogP contribution is -2.16. The molecule has 2 rings (SSSR count). The Labute approximate surface area is 121 Å². The van der Waals surface area contributed by atoms with Gasteiger partial charge in [0.15, 0.2) is 12.4 Å². The normalized spacial score (nSPS) is 10.2. The van der Waals surface area contributed by atoms with Crippen LogP contribution >= 0.6 is 0 Å². The maximum absolute atomic E-state index is 12.0. The molecule has 0 saturated carbocycles. The van der Waals surface area contributed by atoms with Crippen LogP contribution in [-0.2, 0) is 16.1 Å². The Balaban J connectivity index is 1.97. The molecule has 7 heteroatoms. The molecule has 0 saturated heterocycles. The molecule has 1 aromatic carbocycles. The van der Waals surface area contributed by atoms with E-state index in [1.807, 2.05) is 19.1 Å². The monoisotopic (exact) mass is 288 g/mol. The number of carbonyl (C=O) groups excluding carboxylic acids is 2. The number of ether oxygens (including phenoxy) is 1. The number of nitrogens with zero attached hydrogens (tertiary/aromatic N) is 3. The highest BCUT2D eigenvalue weighted by Gasteiger charge is 2.10. The molecular weight excluding hydrogens is 272 g/mol. The highest BCUT2D eigenvalue weighted by Crippen LogP contribution is 2.07. The molecule has 0 fully saturated rings. The van der Waals surface area contributed by atoms with Gasteiger partial charge < -0.3 is 10.1 Å². The minimum atomic E-state index is -0.426. The largest absolute Gasteiger partial charge is 0.465 e. The maximum atomic E-state index is 12.0. The number of amides is 1. The fourth-order valence-electron chi connectivity index (χ4n) is 1.65. The average molecular weight is 288 g/mol. The third kappa shape index (κ3) is 4.13. The van der Waals surface area contributed by atoms with Crippen molar-refractivity contribution in [3.63, 3.8) is 0 Å². The predicted octanol–water partition coefficient (Wildman–Crippen LogP) is 1.40. The molecule has 1 N–H and O–H groups in total. The van der Waals surface area contributed by atoms with E-state index in [-0.39, 0.29) is 18.3 Å². The lowest BCUT2D eigenvalue weighted by atomic mass is 10.1. The van der Waals surface area contributed by atoms with E-state index in [1.165, 1.54) is 11.0 Å². The standard InChI is InChI=1S/C14H16N4O3/c1-3-21-13(19)9-18-15-8-12(17-18)16-14(20)11-6-4-10(2)5-7-11/h4-8H,3,9H2,1-2H3,(H,16,17,20). The molecular formula is C14H16N4O3. The van der Waals surface area contributed by atoms with E-state index >= 15 is 0 Å². The van der Waals surface area contributed by atoms with Crippen molar-refractivity contribution >= 4 is 17.7 Å². The van der Waals surface area contributed by atoms with Gasteiger partial charge in [-0.15, -0.1) is 5.10 Å². The molecule has 1 heterocycles. The molecule has 0 bridgehead atoms.